The number of nitrogens with one attached hydrogen (secondary N) is 1. The fourth-order valence-corrected chi connectivity index (χ4v) is 4.30. The van der Waals surface area contributed by atoms with E-state index < -0.39 is 12.1 Å². The number of carbonyl (C=O) groups is 2. The van der Waals surface area contributed by atoms with Crippen LogP contribution in [-0.2, 0) is 4.79 Å². The van der Waals surface area contributed by atoms with Gasteiger partial charge in [0.1, 0.15) is 11.9 Å². The molecule has 0 aliphatic heterocycles. The van der Waals surface area contributed by atoms with Crippen LogP contribution in [0.1, 0.15) is 65.3 Å². The Kier molecular flexibility index (Phi) is 9.75. The molecule has 186 valence electrons. The Labute approximate surface area is 220 Å². The Bertz CT molecular complexity index is 1240. The largest absolute Gasteiger partial charge is 0.485 e. The number of carbonyl (C=O) groups excluding carboxylic acids is 1. The van der Waals surface area contributed by atoms with Crippen LogP contribution in [0.5, 0.6) is 5.75 Å². The maximum Gasteiger partial charge on any atom is 0.305 e. The summed E-state index contributed by atoms with van der Waals surface area (Å²) in [7, 11) is 0. The molecule has 0 saturated heterocycles. The number of amides is 1. The molecule has 3 aromatic carbocycles. The molecule has 0 aromatic heterocycles. The van der Waals surface area contributed by atoms with E-state index in [1.807, 2.05) is 24.3 Å². The lowest BCUT2D eigenvalue weighted by molar-refractivity contribution is -0.136. The molecule has 0 aliphatic rings. The number of hydrogen-bond acceptors (Lipinski definition) is 4. The van der Waals surface area contributed by atoms with Crippen molar-refractivity contribution in [2.45, 2.75) is 38.2 Å². The fourth-order valence-electron chi connectivity index (χ4n) is 3.95. The third kappa shape index (κ3) is 7.48. The van der Waals surface area contributed by atoms with Gasteiger partial charge >= 0.3 is 5.97 Å². The van der Waals surface area contributed by atoms with Gasteiger partial charge in [-0.2, -0.15) is 5.26 Å². The first kappa shape index (κ1) is 27.1. The molecule has 36 heavy (non-hydrogen) atoms. The van der Waals surface area contributed by atoms with Gasteiger partial charge in [0.2, 0.25) is 0 Å². The SMILES string of the molecule is CCC[C@H](c1ccc(C(=O)NCCC(=O)O)cc1)C(Oc1cc(Cl)cc(C#N)c1)c1ccc(Cl)cc1. The van der Waals surface area contributed by atoms with Crippen molar-refractivity contribution in [3.05, 3.63) is 99.0 Å². The lowest BCUT2D eigenvalue weighted by Gasteiger charge is -2.29. The van der Waals surface area contributed by atoms with E-state index in [2.05, 4.69) is 18.3 Å². The molecule has 0 heterocycles. The normalized spacial score (nSPS) is 12.3. The van der Waals surface area contributed by atoms with Crippen LogP contribution in [0.3, 0.4) is 0 Å². The van der Waals surface area contributed by atoms with Crippen LogP contribution in [0, 0.1) is 11.3 Å². The lowest BCUT2D eigenvalue weighted by atomic mass is 9.85. The molecule has 3 rings (SSSR count). The first-order chi connectivity index (χ1) is 17.3. The van der Waals surface area contributed by atoms with E-state index in [4.69, 9.17) is 33.0 Å². The molecule has 8 heteroatoms. The molecular weight excluding hydrogens is 499 g/mol. The predicted octanol–water partition coefficient (Wildman–Crippen LogP) is 6.77. The number of ether oxygens (including phenoxy) is 1. The monoisotopic (exact) mass is 524 g/mol. The molecule has 0 radical (unpaired) electrons. The fraction of sp³-hybridized carbons (Fsp3) is 0.250. The van der Waals surface area contributed by atoms with Crippen molar-refractivity contribution in [2.75, 3.05) is 6.54 Å². The van der Waals surface area contributed by atoms with Crippen molar-refractivity contribution in [3.63, 3.8) is 0 Å². The topological polar surface area (TPSA) is 99.4 Å². The van der Waals surface area contributed by atoms with E-state index in [0.717, 1.165) is 24.0 Å². The molecule has 6 nitrogen and oxygen atoms in total. The van der Waals surface area contributed by atoms with Gasteiger partial charge in [0.25, 0.3) is 5.91 Å². The molecule has 2 atom stereocenters. The number of nitriles is 1. The zero-order valence-corrected chi connectivity index (χ0v) is 21.2. The van der Waals surface area contributed by atoms with Crippen LogP contribution in [0.4, 0.5) is 0 Å². The van der Waals surface area contributed by atoms with Gasteiger partial charge in [-0.05, 0) is 60.0 Å². The van der Waals surface area contributed by atoms with Crippen LogP contribution in [0.15, 0.2) is 66.7 Å². The van der Waals surface area contributed by atoms with Crippen molar-refractivity contribution in [2.24, 2.45) is 0 Å². The number of aliphatic carboxylic acids is 1. The molecule has 1 amide bonds. The molecule has 1 unspecified atom stereocenters. The highest BCUT2D eigenvalue weighted by molar-refractivity contribution is 6.31. The number of halogens is 2. The number of nitrogens with zero attached hydrogens (tertiary/aromatic N) is 1. The van der Waals surface area contributed by atoms with E-state index in [-0.39, 0.29) is 24.8 Å². The summed E-state index contributed by atoms with van der Waals surface area (Å²) in [6, 6.07) is 21.7. The Morgan fingerprint density at radius 1 is 1.00 bits per heavy atom. The zero-order valence-electron chi connectivity index (χ0n) is 19.7. The minimum atomic E-state index is -0.970. The summed E-state index contributed by atoms with van der Waals surface area (Å²) in [4.78, 5) is 23.1. The Morgan fingerprint density at radius 3 is 2.28 bits per heavy atom. The average Bonchev–Trinajstić information content (AvgIpc) is 2.86. The molecule has 0 aliphatic carbocycles. The number of carboxylic acid groups (broad SMARTS) is 1. The summed E-state index contributed by atoms with van der Waals surface area (Å²) in [6.45, 7) is 2.15. The minimum absolute atomic E-state index is 0.0607. The van der Waals surface area contributed by atoms with Crippen LogP contribution in [-0.4, -0.2) is 23.5 Å². The maximum atomic E-state index is 12.4. The van der Waals surface area contributed by atoms with Crippen molar-refractivity contribution < 1.29 is 19.4 Å². The molecule has 2 N–H and O–H groups in total. The number of benzene rings is 3. The second-order valence-electron chi connectivity index (χ2n) is 8.29. The second-order valence-corrected chi connectivity index (χ2v) is 9.17. The molecule has 0 fully saturated rings. The highest BCUT2D eigenvalue weighted by Crippen LogP contribution is 2.39. The van der Waals surface area contributed by atoms with Gasteiger partial charge in [-0.25, -0.2) is 0 Å². The second kappa shape index (κ2) is 13.0. The zero-order chi connectivity index (χ0) is 26.1. The van der Waals surface area contributed by atoms with Crippen molar-refractivity contribution in [1.82, 2.24) is 5.32 Å². The molecule has 3 aromatic rings. The number of rotatable bonds is 11. The average molecular weight is 525 g/mol. The standard InChI is InChI=1S/C28H26Cl2N2O4/c1-2-3-25(19-4-6-21(7-5-19)28(35)32-13-12-26(33)34)27(20-8-10-22(29)11-9-20)36-24-15-18(17-31)14-23(30)16-24/h4-11,14-16,25,27H,2-3,12-13H2,1H3,(H,32,35)(H,33,34)/t25-,27?/m1/s1. The molecule has 0 spiro atoms. The molecule has 0 bridgehead atoms. The summed E-state index contributed by atoms with van der Waals surface area (Å²) in [5.74, 6) is -0.898. The van der Waals surface area contributed by atoms with Gasteiger partial charge in [0.05, 0.1) is 18.1 Å². The van der Waals surface area contributed by atoms with E-state index in [1.165, 1.54) is 0 Å². The third-order valence-electron chi connectivity index (χ3n) is 5.65. The summed E-state index contributed by atoms with van der Waals surface area (Å²) in [5, 5.41) is 21.7. The van der Waals surface area contributed by atoms with Crippen LogP contribution < -0.4 is 10.1 Å². The van der Waals surface area contributed by atoms with Crippen molar-refractivity contribution in [1.29, 1.82) is 5.26 Å². The first-order valence-electron chi connectivity index (χ1n) is 11.5. The smallest absolute Gasteiger partial charge is 0.305 e. The Morgan fingerprint density at radius 2 is 1.67 bits per heavy atom. The van der Waals surface area contributed by atoms with E-state index >= 15 is 0 Å². The number of carboxylic acids is 1. The van der Waals surface area contributed by atoms with Gasteiger partial charge in [0.15, 0.2) is 0 Å². The first-order valence-corrected chi connectivity index (χ1v) is 12.3. The summed E-state index contributed by atoms with van der Waals surface area (Å²) in [5.41, 5.74) is 2.72. The molecule has 0 saturated carbocycles. The molecular formula is C28H26Cl2N2O4. The van der Waals surface area contributed by atoms with Crippen LogP contribution in [0.2, 0.25) is 10.0 Å². The van der Waals surface area contributed by atoms with Gasteiger partial charge in [-0.15, -0.1) is 0 Å². The summed E-state index contributed by atoms with van der Waals surface area (Å²) < 4.78 is 6.47. The predicted molar refractivity (Wildman–Crippen MR) is 140 cm³/mol. The lowest BCUT2D eigenvalue weighted by Crippen LogP contribution is -2.26. The van der Waals surface area contributed by atoms with Gasteiger partial charge < -0.3 is 15.2 Å². The third-order valence-corrected chi connectivity index (χ3v) is 6.12. The highest BCUT2D eigenvalue weighted by atomic mass is 35.5. The van der Waals surface area contributed by atoms with Crippen LogP contribution in [0.25, 0.3) is 0 Å². The summed E-state index contributed by atoms with van der Waals surface area (Å²) >= 11 is 12.3. The van der Waals surface area contributed by atoms with E-state index in [1.54, 1.807) is 42.5 Å². The summed E-state index contributed by atoms with van der Waals surface area (Å²) in [6.07, 6.45) is 1.12. The Hall–Kier alpha value is -3.53. The van der Waals surface area contributed by atoms with Crippen molar-refractivity contribution >= 4 is 35.1 Å². The van der Waals surface area contributed by atoms with E-state index in [9.17, 15) is 14.9 Å². The Balaban J connectivity index is 1.93. The number of hydrogen-bond donors (Lipinski definition) is 2. The van der Waals surface area contributed by atoms with Crippen LogP contribution >= 0.6 is 23.2 Å². The maximum absolute atomic E-state index is 12.4. The van der Waals surface area contributed by atoms with Crippen molar-refractivity contribution in [3.8, 4) is 11.8 Å². The minimum Gasteiger partial charge on any atom is -0.485 e. The van der Waals surface area contributed by atoms with E-state index in [0.29, 0.717) is 26.9 Å². The van der Waals surface area contributed by atoms with Gasteiger partial charge in [-0.3, -0.25) is 9.59 Å². The quantitative estimate of drug-likeness (QED) is 0.288. The van der Waals surface area contributed by atoms with Gasteiger partial charge in [-0.1, -0.05) is 60.8 Å². The highest BCUT2D eigenvalue weighted by Gasteiger charge is 2.27. The van der Waals surface area contributed by atoms with Gasteiger partial charge in [0, 0.05) is 28.1 Å².